The smallest absolute Gasteiger partial charge is 0.251 e. The Balaban J connectivity index is 1.66. The van der Waals surface area contributed by atoms with Crippen molar-refractivity contribution in [3.05, 3.63) is 36.2 Å². The first-order valence-corrected chi connectivity index (χ1v) is 7.48. The molecule has 1 aromatic heterocycles. The van der Waals surface area contributed by atoms with Crippen molar-refractivity contribution in [2.24, 2.45) is 11.7 Å². The lowest BCUT2D eigenvalue weighted by Crippen LogP contribution is -2.41. The second-order valence-corrected chi connectivity index (χ2v) is 5.68. The number of nitrogens with two attached hydrogens (primary N) is 1. The van der Waals surface area contributed by atoms with Gasteiger partial charge < -0.3 is 11.1 Å². The number of hydrogen-bond donors (Lipinski definition) is 2. The highest BCUT2D eigenvalue weighted by molar-refractivity contribution is 5.97. The fourth-order valence-corrected chi connectivity index (χ4v) is 2.92. The molecule has 1 amide bonds. The summed E-state index contributed by atoms with van der Waals surface area (Å²) in [6.07, 6.45) is 7.85. The molecule has 0 spiro atoms. The maximum absolute atomic E-state index is 12.2. The lowest BCUT2D eigenvalue weighted by Gasteiger charge is -2.28. The number of nitrogens with one attached hydrogen (secondary N) is 1. The van der Waals surface area contributed by atoms with E-state index < -0.39 is 0 Å². The molecule has 2 aromatic rings. The summed E-state index contributed by atoms with van der Waals surface area (Å²) < 4.78 is 0. The fraction of sp³-hybridized carbons (Fsp3) is 0.438. The van der Waals surface area contributed by atoms with E-state index in [1.165, 1.54) is 12.8 Å². The molecule has 1 aromatic carbocycles. The second kappa shape index (κ2) is 6.18. The van der Waals surface area contributed by atoms with Gasteiger partial charge in [-0.2, -0.15) is 0 Å². The van der Waals surface area contributed by atoms with Crippen LogP contribution < -0.4 is 11.1 Å². The fourth-order valence-electron chi connectivity index (χ4n) is 2.92. The van der Waals surface area contributed by atoms with E-state index in [1.807, 2.05) is 6.07 Å². The summed E-state index contributed by atoms with van der Waals surface area (Å²) in [5, 5.41) is 3.00. The van der Waals surface area contributed by atoms with Crippen LogP contribution in [0.1, 0.15) is 36.0 Å². The second-order valence-electron chi connectivity index (χ2n) is 5.68. The zero-order valence-corrected chi connectivity index (χ0v) is 12.0. The van der Waals surface area contributed by atoms with Gasteiger partial charge in [-0.05, 0) is 37.0 Å². The number of rotatable bonds is 3. The van der Waals surface area contributed by atoms with Gasteiger partial charge in [-0.3, -0.25) is 14.8 Å². The maximum Gasteiger partial charge on any atom is 0.251 e. The monoisotopic (exact) mass is 284 g/mol. The van der Waals surface area contributed by atoms with Crippen LogP contribution in [0.15, 0.2) is 30.6 Å². The van der Waals surface area contributed by atoms with Gasteiger partial charge in [0.05, 0.1) is 11.0 Å². The minimum atomic E-state index is -0.0691. The predicted octanol–water partition coefficient (Wildman–Crippen LogP) is 1.88. The highest BCUT2D eigenvalue weighted by atomic mass is 16.1. The van der Waals surface area contributed by atoms with Gasteiger partial charge in [0, 0.05) is 30.5 Å². The molecule has 5 heteroatoms. The zero-order chi connectivity index (χ0) is 14.7. The van der Waals surface area contributed by atoms with E-state index in [1.54, 1.807) is 24.5 Å². The minimum absolute atomic E-state index is 0.0691. The van der Waals surface area contributed by atoms with Crippen molar-refractivity contribution in [1.82, 2.24) is 15.3 Å². The van der Waals surface area contributed by atoms with E-state index in [4.69, 9.17) is 5.73 Å². The Morgan fingerprint density at radius 2 is 1.95 bits per heavy atom. The quantitative estimate of drug-likeness (QED) is 0.901. The van der Waals surface area contributed by atoms with Gasteiger partial charge in [-0.15, -0.1) is 0 Å². The lowest BCUT2D eigenvalue weighted by atomic mass is 9.85. The molecule has 0 saturated heterocycles. The average Bonchev–Trinajstić information content (AvgIpc) is 2.53. The molecule has 0 aliphatic heterocycles. The number of fused-ring (bicyclic) bond motifs is 1. The van der Waals surface area contributed by atoms with Crippen LogP contribution in [0.25, 0.3) is 11.0 Å². The molecule has 2 atom stereocenters. The summed E-state index contributed by atoms with van der Waals surface area (Å²) in [7, 11) is 0. The first-order valence-electron chi connectivity index (χ1n) is 7.48. The molecule has 21 heavy (non-hydrogen) atoms. The number of carbonyl (C=O) groups is 1. The van der Waals surface area contributed by atoms with Crippen LogP contribution in [0.4, 0.5) is 0 Å². The van der Waals surface area contributed by atoms with Gasteiger partial charge in [0.25, 0.3) is 5.91 Å². The van der Waals surface area contributed by atoms with Crippen molar-refractivity contribution in [1.29, 1.82) is 0 Å². The van der Waals surface area contributed by atoms with Gasteiger partial charge in [0.1, 0.15) is 0 Å². The van der Waals surface area contributed by atoms with E-state index in [0.717, 1.165) is 23.9 Å². The van der Waals surface area contributed by atoms with Gasteiger partial charge in [0.2, 0.25) is 0 Å². The van der Waals surface area contributed by atoms with E-state index in [9.17, 15) is 4.79 Å². The van der Waals surface area contributed by atoms with Crippen molar-refractivity contribution in [3.8, 4) is 0 Å². The summed E-state index contributed by atoms with van der Waals surface area (Å²) in [5.74, 6) is 0.322. The van der Waals surface area contributed by atoms with Gasteiger partial charge in [0.15, 0.2) is 0 Å². The van der Waals surface area contributed by atoms with Crippen molar-refractivity contribution in [2.45, 2.75) is 31.7 Å². The molecular weight excluding hydrogens is 264 g/mol. The molecule has 1 aliphatic rings. The van der Waals surface area contributed by atoms with Crippen LogP contribution in [0.5, 0.6) is 0 Å². The summed E-state index contributed by atoms with van der Waals surface area (Å²) >= 11 is 0. The molecule has 0 bridgehead atoms. The van der Waals surface area contributed by atoms with Gasteiger partial charge in [-0.25, -0.2) is 0 Å². The van der Waals surface area contributed by atoms with Gasteiger partial charge in [-0.1, -0.05) is 12.8 Å². The SMILES string of the molecule is NC1CCCCC1CNC(=O)c1ccc2nccnc2c1. The minimum Gasteiger partial charge on any atom is -0.352 e. The van der Waals surface area contributed by atoms with E-state index in [2.05, 4.69) is 15.3 Å². The Hall–Kier alpha value is -2.01. The topological polar surface area (TPSA) is 80.9 Å². The summed E-state index contributed by atoms with van der Waals surface area (Å²) in [6.45, 7) is 0.651. The molecule has 3 N–H and O–H groups in total. The molecule has 0 radical (unpaired) electrons. The molecule has 1 fully saturated rings. The van der Waals surface area contributed by atoms with Crippen LogP contribution >= 0.6 is 0 Å². The largest absolute Gasteiger partial charge is 0.352 e. The number of amides is 1. The molecule has 110 valence electrons. The Morgan fingerprint density at radius 1 is 1.19 bits per heavy atom. The summed E-state index contributed by atoms with van der Waals surface area (Å²) in [6, 6.07) is 5.59. The van der Waals surface area contributed by atoms with Crippen LogP contribution in [-0.2, 0) is 0 Å². The Labute approximate surface area is 124 Å². The summed E-state index contributed by atoms with van der Waals surface area (Å²) in [4.78, 5) is 20.7. The van der Waals surface area contributed by atoms with Crippen molar-refractivity contribution >= 4 is 16.9 Å². The molecule has 1 heterocycles. The van der Waals surface area contributed by atoms with E-state index in [-0.39, 0.29) is 11.9 Å². The number of hydrogen-bond acceptors (Lipinski definition) is 4. The molecule has 5 nitrogen and oxygen atoms in total. The Kier molecular flexibility index (Phi) is 4.10. The predicted molar refractivity (Wildman–Crippen MR) is 81.8 cm³/mol. The van der Waals surface area contributed by atoms with Crippen molar-refractivity contribution in [2.75, 3.05) is 6.54 Å². The molecule has 1 saturated carbocycles. The standard InChI is InChI=1S/C16H20N4O/c17-13-4-2-1-3-12(13)10-20-16(21)11-5-6-14-15(9-11)19-8-7-18-14/h5-9,12-13H,1-4,10,17H2,(H,20,21). The lowest BCUT2D eigenvalue weighted by molar-refractivity contribution is 0.0941. The third-order valence-electron chi connectivity index (χ3n) is 4.22. The number of benzene rings is 1. The Morgan fingerprint density at radius 3 is 2.76 bits per heavy atom. The number of nitrogens with zero attached hydrogens (tertiary/aromatic N) is 2. The molecular formula is C16H20N4O. The number of aromatic nitrogens is 2. The van der Waals surface area contributed by atoms with Crippen LogP contribution in [0, 0.1) is 5.92 Å². The van der Waals surface area contributed by atoms with Gasteiger partial charge >= 0.3 is 0 Å². The third-order valence-corrected chi connectivity index (χ3v) is 4.22. The molecule has 2 unspecified atom stereocenters. The van der Waals surface area contributed by atoms with Crippen LogP contribution in [0.2, 0.25) is 0 Å². The maximum atomic E-state index is 12.2. The molecule has 3 rings (SSSR count). The first kappa shape index (κ1) is 13.9. The van der Waals surface area contributed by atoms with Crippen molar-refractivity contribution in [3.63, 3.8) is 0 Å². The highest BCUT2D eigenvalue weighted by Gasteiger charge is 2.22. The van der Waals surface area contributed by atoms with E-state index >= 15 is 0 Å². The van der Waals surface area contributed by atoms with Crippen LogP contribution in [-0.4, -0.2) is 28.5 Å². The van der Waals surface area contributed by atoms with Crippen LogP contribution in [0.3, 0.4) is 0 Å². The number of carbonyl (C=O) groups excluding carboxylic acids is 1. The highest BCUT2D eigenvalue weighted by Crippen LogP contribution is 2.22. The third kappa shape index (κ3) is 3.19. The Bertz CT molecular complexity index is 643. The first-order chi connectivity index (χ1) is 10.2. The average molecular weight is 284 g/mol. The van der Waals surface area contributed by atoms with Crippen molar-refractivity contribution < 1.29 is 4.79 Å². The molecule has 1 aliphatic carbocycles. The summed E-state index contributed by atoms with van der Waals surface area (Å²) in [5.41, 5.74) is 8.26. The normalized spacial score (nSPS) is 22.1. The van der Waals surface area contributed by atoms with E-state index in [0.29, 0.717) is 18.0 Å². The zero-order valence-electron chi connectivity index (χ0n) is 12.0.